The topological polar surface area (TPSA) is 28.5 Å². The van der Waals surface area contributed by atoms with Gasteiger partial charge in [0.1, 0.15) is 5.00 Å². The molecule has 3 heterocycles. The number of rotatable bonds is 3. The van der Waals surface area contributed by atoms with Crippen LogP contribution in [0.15, 0.2) is 48.8 Å². The summed E-state index contributed by atoms with van der Waals surface area (Å²) >= 11 is 1.82. The molecule has 1 aromatic carbocycles. The van der Waals surface area contributed by atoms with E-state index in [1.807, 2.05) is 23.5 Å². The van der Waals surface area contributed by atoms with Crippen molar-refractivity contribution in [1.82, 2.24) is 9.47 Å². The molecule has 1 aliphatic heterocycles. The Kier molecular flexibility index (Phi) is 4.92. The molecule has 29 heavy (non-hydrogen) atoms. The number of benzene rings is 1. The zero-order chi connectivity index (χ0) is 19.8. The van der Waals surface area contributed by atoms with Crippen LogP contribution in [0, 0.1) is 6.92 Å². The van der Waals surface area contributed by atoms with Gasteiger partial charge in [-0.1, -0.05) is 12.1 Å². The molecule has 2 aliphatic rings. The largest absolute Gasteiger partial charge is 0.368 e. The van der Waals surface area contributed by atoms with E-state index < -0.39 is 0 Å². The number of thiophene rings is 1. The number of nitrogens with zero attached hydrogens (tertiary/aromatic N) is 3. The predicted molar refractivity (Wildman–Crippen MR) is 120 cm³/mol. The number of aryl methyl sites for hydroxylation is 2. The quantitative estimate of drug-likeness (QED) is 0.632. The molecule has 1 fully saturated rings. The van der Waals surface area contributed by atoms with Gasteiger partial charge in [-0.05, 0) is 68.0 Å². The summed E-state index contributed by atoms with van der Waals surface area (Å²) in [6.07, 6.45) is 8.70. The molecule has 0 atom stereocenters. The maximum atomic E-state index is 13.6. The van der Waals surface area contributed by atoms with Crippen molar-refractivity contribution in [2.75, 3.05) is 31.1 Å². The molecule has 0 N–H and O–H groups in total. The summed E-state index contributed by atoms with van der Waals surface area (Å²) in [6, 6.07) is 12.7. The summed E-state index contributed by atoms with van der Waals surface area (Å²) in [5.74, 6) is 0.219. The van der Waals surface area contributed by atoms with Gasteiger partial charge in [0.25, 0.3) is 5.91 Å². The Balaban J connectivity index is 1.39. The summed E-state index contributed by atoms with van der Waals surface area (Å²) in [4.78, 5) is 19.5. The molecule has 0 spiro atoms. The fraction of sp³-hybridized carbons (Fsp3) is 0.375. The average Bonchev–Trinajstić information content (AvgIpc) is 3.41. The molecule has 3 aromatic rings. The molecule has 1 saturated heterocycles. The highest BCUT2D eigenvalue weighted by Gasteiger charge is 2.30. The van der Waals surface area contributed by atoms with Crippen molar-refractivity contribution < 1.29 is 4.79 Å². The van der Waals surface area contributed by atoms with Crippen LogP contribution in [0.3, 0.4) is 0 Å². The number of anilines is 1. The molecule has 0 saturated carbocycles. The van der Waals surface area contributed by atoms with Crippen molar-refractivity contribution in [2.24, 2.45) is 0 Å². The molecule has 5 rings (SSSR count). The van der Waals surface area contributed by atoms with E-state index in [-0.39, 0.29) is 5.91 Å². The van der Waals surface area contributed by atoms with Crippen LogP contribution in [0.2, 0.25) is 0 Å². The number of piperazine rings is 1. The molecule has 1 amide bonds. The number of fused-ring (bicyclic) bond motifs is 1. The summed E-state index contributed by atoms with van der Waals surface area (Å²) < 4.78 is 2.12. The van der Waals surface area contributed by atoms with E-state index >= 15 is 0 Å². The van der Waals surface area contributed by atoms with Crippen LogP contribution in [0.25, 0.3) is 5.00 Å². The number of carbonyl (C=O) groups excluding carboxylic acids is 1. The fourth-order valence-electron chi connectivity index (χ4n) is 4.57. The highest BCUT2D eigenvalue weighted by atomic mass is 32.1. The average molecular weight is 406 g/mol. The third-order valence-corrected chi connectivity index (χ3v) is 7.44. The highest BCUT2D eigenvalue weighted by molar-refractivity contribution is 7.15. The normalized spacial score (nSPS) is 16.7. The number of hydrogen-bond donors (Lipinski definition) is 0. The molecule has 0 radical (unpaired) electrons. The molecule has 4 nitrogen and oxygen atoms in total. The number of hydrogen-bond acceptors (Lipinski definition) is 3. The van der Waals surface area contributed by atoms with Crippen LogP contribution in [-0.4, -0.2) is 41.6 Å². The lowest BCUT2D eigenvalue weighted by atomic mass is 9.95. The molecular formula is C24H27N3OS. The number of aromatic nitrogens is 1. The van der Waals surface area contributed by atoms with Crippen molar-refractivity contribution in [3.05, 3.63) is 70.4 Å². The van der Waals surface area contributed by atoms with E-state index in [0.717, 1.165) is 49.6 Å². The predicted octanol–water partition coefficient (Wildman–Crippen LogP) is 4.69. The smallest absolute Gasteiger partial charge is 0.257 e. The van der Waals surface area contributed by atoms with E-state index in [2.05, 4.69) is 57.9 Å². The van der Waals surface area contributed by atoms with Crippen LogP contribution in [0.4, 0.5) is 5.69 Å². The maximum Gasteiger partial charge on any atom is 0.257 e. The Morgan fingerprint density at radius 1 is 0.966 bits per heavy atom. The lowest BCUT2D eigenvalue weighted by Gasteiger charge is -2.36. The van der Waals surface area contributed by atoms with Crippen molar-refractivity contribution in [3.63, 3.8) is 0 Å². The summed E-state index contributed by atoms with van der Waals surface area (Å²) in [5.41, 5.74) is 4.82. The Bertz CT molecular complexity index is 1010. The summed E-state index contributed by atoms with van der Waals surface area (Å²) in [7, 11) is 0. The molecule has 0 unspecified atom stereocenters. The third-order valence-electron chi connectivity index (χ3n) is 6.14. The minimum absolute atomic E-state index is 0.219. The molecular weight excluding hydrogens is 378 g/mol. The van der Waals surface area contributed by atoms with Gasteiger partial charge in [-0.2, -0.15) is 0 Å². The van der Waals surface area contributed by atoms with Gasteiger partial charge < -0.3 is 14.4 Å². The zero-order valence-corrected chi connectivity index (χ0v) is 17.8. The molecule has 5 heteroatoms. The lowest BCUT2D eigenvalue weighted by molar-refractivity contribution is 0.0746. The van der Waals surface area contributed by atoms with Crippen molar-refractivity contribution >= 4 is 22.9 Å². The Labute approximate surface area is 176 Å². The van der Waals surface area contributed by atoms with Crippen LogP contribution >= 0.6 is 11.3 Å². The SMILES string of the molecule is Cc1cccc(N2CCN(C(=O)c3c(-n4cccc4)sc4c3CCCC4)CC2)c1. The zero-order valence-electron chi connectivity index (χ0n) is 16.9. The van der Waals surface area contributed by atoms with Crippen molar-refractivity contribution in [3.8, 4) is 5.00 Å². The Morgan fingerprint density at radius 2 is 1.72 bits per heavy atom. The van der Waals surface area contributed by atoms with E-state index in [4.69, 9.17) is 0 Å². The van der Waals surface area contributed by atoms with Crippen molar-refractivity contribution in [1.29, 1.82) is 0 Å². The van der Waals surface area contributed by atoms with Crippen LogP contribution in [0.1, 0.15) is 39.2 Å². The second kappa shape index (κ2) is 7.71. The minimum atomic E-state index is 0.219. The van der Waals surface area contributed by atoms with Gasteiger partial charge >= 0.3 is 0 Å². The highest BCUT2D eigenvalue weighted by Crippen LogP contribution is 2.37. The molecule has 150 valence electrons. The first-order valence-corrected chi connectivity index (χ1v) is 11.4. The van der Waals surface area contributed by atoms with Gasteiger partial charge in [-0.15, -0.1) is 11.3 Å². The summed E-state index contributed by atoms with van der Waals surface area (Å²) in [6.45, 7) is 5.47. The van der Waals surface area contributed by atoms with Crippen LogP contribution in [0.5, 0.6) is 0 Å². The first-order chi connectivity index (χ1) is 14.2. The van der Waals surface area contributed by atoms with Gasteiger partial charge in [0, 0.05) is 49.1 Å². The number of carbonyl (C=O) groups is 1. The van der Waals surface area contributed by atoms with Gasteiger partial charge in [-0.25, -0.2) is 0 Å². The van der Waals surface area contributed by atoms with E-state index in [9.17, 15) is 4.79 Å². The Morgan fingerprint density at radius 3 is 2.48 bits per heavy atom. The second-order valence-electron chi connectivity index (χ2n) is 8.10. The van der Waals surface area contributed by atoms with E-state index in [1.54, 1.807) is 0 Å². The molecule has 0 bridgehead atoms. The second-order valence-corrected chi connectivity index (χ2v) is 9.18. The fourth-order valence-corrected chi connectivity index (χ4v) is 5.92. The Hall–Kier alpha value is -2.53. The molecule has 1 aliphatic carbocycles. The van der Waals surface area contributed by atoms with Gasteiger partial charge in [0.15, 0.2) is 0 Å². The van der Waals surface area contributed by atoms with E-state index in [0.29, 0.717) is 0 Å². The van der Waals surface area contributed by atoms with Crippen molar-refractivity contribution in [2.45, 2.75) is 32.6 Å². The monoisotopic (exact) mass is 405 g/mol. The van der Waals surface area contributed by atoms with Crippen LogP contribution in [-0.2, 0) is 12.8 Å². The van der Waals surface area contributed by atoms with Gasteiger partial charge in [0.2, 0.25) is 0 Å². The molecule has 2 aromatic heterocycles. The minimum Gasteiger partial charge on any atom is -0.368 e. The standard InChI is InChI=1S/C24H27N3OS/c1-18-7-6-8-19(17-18)25-13-15-26(16-14-25)23(28)22-20-9-2-3-10-21(20)29-24(22)27-11-4-5-12-27/h4-8,11-12,17H,2-3,9-10,13-16H2,1H3. The van der Waals surface area contributed by atoms with Gasteiger partial charge in [-0.3, -0.25) is 4.79 Å². The third kappa shape index (κ3) is 3.48. The maximum absolute atomic E-state index is 13.6. The summed E-state index contributed by atoms with van der Waals surface area (Å²) in [5, 5.41) is 1.10. The van der Waals surface area contributed by atoms with E-state index in [1.165, 1.54) is 34.5 Å². The number of amides is 1. The first-order valence-electron chi connectivity index (χ1n) is 10.6. The lowest BCUT2D eigenvalue weighted by Crippen LogP contribution is -2.49. The first kappa shape index (κ1) is 18.5. The van der Waals surface area contributed by atoms with Gasteiger partial charge in [0.05, 0.1) is 5.56 Å². The van der Waals surface area contributed by atoms with Crippen LogP contribution < -0.4 is 4.90 Å².